The zero-order chi connectivity index (χ0) is 21.8. The second-order valence-electron chi connectivity index (χ2n) is 9.08. The molecule has 2 fully saturated rings. The summed E-state index contributed by atoms with van der Waals surface area (Å²) in [7, 11) is 1.64. The van der Waals surface area contributed by atoms with E-state index in [1.807, 2.05) is 24.3 Å². The minimum absolute atomic E-state index is 0.0480. The molecule has 2 aliphatic rings. The Kier molecular flexibility index (Phi) is 6.46. The Hall–Kier alpha value is -2.61. The van der Waals surface area contributed by atoms with Crippen molar-refractivity contribution in [2.75, 3.05) is 44.7 Å². The van der Waals surface area contributed by atoms with Crippen molar-refractivity contribution in [2.24, 2.45) is 5.92 Å². The maximum absolute atomic E-state index is 12.6. The summed E-state index contributed by atoms with van der Waals surface area (Å²) in [6, 6.07) is 8.09. The van der Waals surface area contributed by atoms with E-state index in [2.05, 4.69) is 39.1 Å². The molecule has 1 amide bonds. The molecule has 4 rings (SSSR count). The molecule has 0 radical (unpaired) electrons. The molecule has 2 aliphatic heterocycles. The van der Waals surface area contributed by atoms with Crippen LogP contribution in [0.2, 0.25) is 0 Å². The molecule has 1 N–H and O–H groups in total. The van der Waals surface area contributed by atoms with E-state index in [-0.39, 0.29) is 17.4 Å². The minimum Gasteiger partial charge on any atom is -0.497 e. The quantitative estimate of drug-likeness (QED) is 0.727. The number of methoxy groups -OCH3 is 1. The number of hydrogen-bond acceptors (Lipinski definition) is 7. The lowest BCUT2D eigenvalue weighted by Crippen LogP contribution is -2.45. The zero-order valence-corrected chi connectivity index (χ0v) is 18.8. The molecule has 0 saturated carbocycles. The molecule has 0 aliphatic carbocycles. The monoisotopic (exact) mass is 427 g/mol. The summed E-state index contributed by atoms with van der Waals surface area (Å²) in [5, 5.41) is 7.25. The Labute approximate surface area is 183 Å². The lowest BCUT2D eigenvalue weighted by atomic mass is 9.96. The Balaban J connectivity index is 1.24. The van der Waals surface area contributed by atoms with E-state index >= 15 is 0 Å². The van der Waals surface area contributed by atoms with Crippen molar-refractivity contribution < 1.29 is 14.1 Å². The van der Waals surface area contributed by atoms with Gasteiger partial charge in [0.15, 0.2) is 0 Å². The van der Waals surface area contributed by atoms with Crippen LogP contribution in [0.4, 0.5) is 6.01 Å². The first kappa shape index (κ1) is 21.6. The van der Waals surface area contributed by atoms with Crippen LogP contribution < -0.4 is 15.0 Å². The number of carbonyl (C=O) groups excluding carboxylic acids is 1. The number of aromatic nitrogens is 2. The SMILES string of the molecule is COc1ccc(-c2noc(N3CCC(C(=O)NCCN4CCCC4(C)C)CC3)n2)cc1. The second kappa shape index (κ2) is 9.26. The predicted octanol–water partition coefficient (Wildman–Crippen LogP) is 2.95. The Morgan fingerprint density at radius 3 is 2.61 bits per heavy atom. The van der Waals surface area contributed by atoms with Crippen molar-refractivity contribution in [3.8, 4) is 17.1 Å². The second-order valence-corrected chi connectivity index (χ2v) is 9.08. The largest absolute Gasteiger partial charge is 0.497 e. The first-order valence-corrected chi connectivity index (χ1v) is 11.2. The number of hydrogen-bond donors (Lipinski definition) is 1. The van der Waals surface area contributed by atoms with Gasteiger partial charge < -0.3 is 19.5 Å². The van der Waals surface area contributed by atoms with Crippen LogP contribution in [0.1, 0.15) is 39.5 Å². The fourth-order valence-corrected chi connectivity index (χ4v) is 4.57. The van der Waals surface area contributed by atoms with Crippen molar-refractivity contribution in [3.05, 3.63) is 24.3 Å². The van der Waals surface area contributed by atoms with Crippen molar-refractivity contribution in [1.29, 1.82) is 0 Å². The van der Waals surface area contributed by atoms with Crippen LogP contribution in [0.15, 0.2) is 28.8 Å². The van der Waals surface area contributed by atoms with Gasteiger partial charge in [-0.2, -0.15) is 4.98 Å². The molecule has 0 atom stereocenters. The van der Waals surface area contributed by atoms with Crippen molar-refractivity contribution >= 4 is 11.9 Å². The third-order valence-electron chi connectivity index (χ3n) is 6.65. The third kappa shape index (κ3) is 5.01. The number of likely N-dealkylation sites (tertiary alicyclic amines) is 1. The number of ether oxygens (including phenoxy) is 1. The average Bonchev–Trinajstić information content (AvgIpc) is 3.40. The molecule has 0 spiro atoms. The molecule has 3 heterocycles. The summed E-state index contributed by atoms with van der Waals surface area (Å²) < 4.78 is 10.7. The molecule has 2 aromatic rings. The van der Waals surface area contributed by atoms with Gasteiger partial charge >= 0.3 is 6.01 Å². The van der Waals surface area contributed by atoms with E-state index in [1.165, 1.54) is 12.8 Å². The predicted molar refractivity (Wildman–Crippen MR) is 119 cm³/mol. The molecule has 168 valence electrons. The van der Waals surface area contributed by atoms with Gasteiger partial charge in [0.1, 0.15) is 5.75 Å². The number of amides is 1. The van der Waals surface area contributed by atoms with Crippen LogP contribution in [-0.2, 0) is 4.79 Å². The first-order valence-electron chi connectivity index (χ1n) is 11.2. The zero-order valence-electron chi connectivity index (χ0n) is 18.8. The summed E-state index contributed by atoms with van der Waals surface area (Å²) in [4.78, 5) is 21.7. The van der Waals surface area contributed by atoms with E-state index in [9.17, 15) is 4.79 Å². The highest BCUT2D eigenvalue weighted by atomic mass is 16.5. The van der Waals surface area contributed by atoms with Gasteiger partial charge in [-0.1, -0.05) is 5.16 Å². The smallest absolute Gasteiger partial charge is 0.324 e. The molecule has 31 heavy (non-hydrogen) atoms. The number of carbonyl (C=O) groups is 1. The summed E-state index contributed by atoms with van der Waals surface area (Å²) in [6.07, 6.45) is 4.06. The van der Waals surface area contributed by atoms with Crippen LogP contribution in [0, 0.1) is 5.92 Å². The lowest BCUT2D eigenvalue weighted by Gasteiger charge is -2.32. The Morgan fingerprint density at radius 1 is 1.23 bits per heavy atom. The molecular formula is C23H33N5O3. The highest BCUT2D eigenvalue weighted by Crippen LogP contribution is 2.28. The highest BCUT2D eigenvalue weighted by Gasteiger charge is 2.32. The Bertz CT molecular complexity index is 872. The Morgan fingerprint density at radius 2 is 1.97 bits per heavy atom. The van der Waals surface area contributed by atoms with Crippen LogP contribution in [-0.4, -0.2) is 66.3 Å². The number of anilines is 1. The standard InChI is InChI=1S/C23H33N5O3/c1-23(2)11-4-13-28(23)16-12-24-21(29)18-9-14-27(15-10-18)22-25-20(26-31-22)17-5-7-19(30-3)8-6-17/h5-8,18H,4,9-16H2,1-3H3,(H,24,29). The van der Waals surface area contributed by atoms with Crippen LogP contribution >= 0.6 is 0 Å². The number of rotatable bonds is 7. The number of nitrogens with zero attached hydrogens (tertiary/aromatic N) is 4. The molecule has 0 unspecified atom stereocenters. The summed E-state index contributed by atoms with van der Waals surface area (Å²) in [6.45, 7) is 8.82. The number of piperidine rings is 1. The molecule has 2 saturated heterocycles. The van der Waals surface area contributed by atoms with Crippen LogP contribution in [0.5, 0.6) is 5.75 Å². The summed E-state index contributed by atoms with van der Waals surface area (Å²) >= 11 is 0. The number of benzene rings is 1. The van der Waals surface area contributed by atoms with E-state index in [0.717, 1.165) is 56.9 Å². The third-order valence-corrected chi connectivity index (χ3v) is 6.65. The fourth-order valence-electron chi connectivity index (χ4n) is 4.57. The minimum atomic E-state index is 0.0480. The van der Waals surface area contributed by atoms with Gasteiger partial charge in [-0.3, -0.25) is 9.69 Å². The molecule has 1 aromatic carbocycles. The number of nitrogens with one attached hydrogen (secondary N) is 1. The normalized spacial score (nSPS) is 19.5. The maximum Gasteiger partial charge on any atom is 0.324 e. The maximum atomic E-state index is 12.6. The molecule has 0 bridgehead atoms. The topological polar surface area (TPSA) is 83.7 Å². The molecular weight excluding hydrogens is 394 g/mol. The van der Waals surface area contributed by atoms with Crippen molar-refractivity contribution in [2.45, 2.75) is 45.1 Å². The summed E-state index contributed by atoms with van der Waals surface area (Å²) in [5.41, 5.74) is 1.14. The van der Waals surface area contributed by atoms with E-state index < -0.39 is 0 Å². The van der Waals surface area contributed by atoms with Gasteiger partial charge in [0.25, 0.3) is 0 Å². The lowest BCUT2D eigenvalue weighted by molar-refractivity contribution is -0.125. The fraction of sp³-hybridized carbons (Fsp3) is 0.609. The van der Waals surface area contributed by atoms with Crippen molar-refractivity contribution in [3.63, 3.8) is 0 Å². The van der Waals surface area contributed by atoms with Gasteiger partial charge in [-0.15, -0.1) is 0 Å². The van der Waals surface area contributed by atoms with Crippen molar-refractivity contribution in [1.82, 2.24) is 20.4 Å². The molecule has 1 aromatic heterocycles. The molecule has 8 heteroatoms. The first-order chi connectivity index (χ1) is 15.0. The highest BCUT2D eigenvalue weighted by molar-refractivity contribution is 5.78. The van der Waals surface area contributed by atoms with Gasteiger partial charge in [0.2, 0.25) is 11.7 Å². The van der Waals surface area contributed by atoms with Crippen LogP contribution in [0.25, 0.3) is 11.4 Å². The average molecular weight is 428 g/mol. The van der Waals surface area contributed by atoms with Gasteiger partial charge in [-0.25, -0.2) is 0 Å². The van der Waals surface area contributed by atoms with Gasteiger partial charge in [-0.05, 0) is 70.3 Å². The van der Waals surface area contributed by atoms with Gasteiger partial charge in [0.05, 0.1) is 7.11 Å². The van der Waals surface area contributed by atoms with E-state index in [4.69, 9.17) is 9.26 Å². The summed E-state index contributed by atoms with van der Waals surface area (Å²) in [5.74, 6) is 1.56. The van der Waals surface area contributed by atoms with Gasteiger partial charge in [0, 0.05) is 43.2 Å². The van der Waals surface area contributed by atoms with E-state index in [0.29, 0.717) is 11.8 Å². The van der Waals surface area contributed by atoms with E-state index in [1.54, 1.807) is 7.11 Å². The van der Waals surface area contributed by atoms with Crippen LogP contribution in [0.3, 0.4) is 0 Å². The molecule has 8 nitrogen and oxygen atoms in total.